The van der Waals surface area contributed by atoms with Gasteiger partial charge in [-0.15, -0.1) is 0 Å². The summed E-state index contributed by atoms with van der Waals surface area (Å²) in [7, 11) is 1.45. The van der Waals surface area contributed by atoms with Gasteiger partial charge >= 0.3 is 5.69 Å². The van der Waals surface area contributed by atoms with E-state index in [4.69, 9.17) is 9.47 Å². The molecule has 6 nitrogen and oxygen atoms in total. The van der Waals surface area contributed by atoms with Crippen molar-refractivity contribution < 1.29 is 63.9 Å². The Labute approximate surface area is 160 Å². The maximum atomic E-state index is 11.1. The predicted octanol–water partition coefficient (Wildman–Crippen LogP) is 2.32. The van der Waals surface area contributed by atoms with Crippen LogP contribution in [0.15, 0.2) is 12.1 Å². The molecule has 21 heavy (non-hydrogen) atoms. The van der Waals surface area contributed by atoms with Crippen molar-refractivity contribution in [2.75, 3.05) is 13.7 Å². The summed E-state index contributed by atoms with van der Waals surface area (Å²) < 4.78 is 11.0. The first kappa shape index (κ1) is 20.8. The maximum Gasteiger partial charge on any atom is 0.311 e. The van der Waals surface area contributed by atoms with E-state index < -0.39 is 10.5 Å². The second kappa shape index (κ2) is 6.91. The number of nitrogens with zero attached hydrogens (tertiary/aromatic N) is 1. The van der Waals surface area contributed by atoms with Crippen LogP contribution in [-0.2, 0) is 15.8 Å². The zero-order chi connectivity index (χ0) is 14.4. The van der Waals surface area contributed by atoms with Crippen molar-refractivity contribution >= 4 is 5.69 Å². The molecule has 1 aromatic carbocycles. The Morgan fingerprint density at radius 1 is 1.24 bits per heavy atom. The van der Waals surface area contributed by atoms with Gasteiger partial charge in [0.2, 0.25) is 0 Å². The van der Waals surface area contributed by atoms with Crippen molar-refractivity contribution in [1.29, 1.82) is 0 Å². The van der Waals surface area contributed by atoms with Crippen LogP contribution in [0.2, 0.25) is 0 Å². The summed E-state index contributed by atoms with van der Waals surface area (Å²) in [4.78, 5) is 10.7. The molecule has 0 saturated heterocycles. The van der Waals surface area contributed by atoms with Gasteiger partial charge in [0.15, 0.2) is 5.75 Å². The summed E-state index contributed by atoms with van der Waals surface area (Å²) in [6.07, 6.45) is 0. The van der Waals surface area contributed by atoms with Crippen LogP contribution in [0, 0.1) is 54.2 Å². The molecule has 0 aliphatic carbocycles. The topological polar surface area (TPSA) is 93.1 Å². The van der Waals surface area contributed by atoms with Crippen molar-refractivity contribution in [1.82, 2.24) is 0 Å². The molecule has 1 radical (unpaired) electrons. The smallest absolute Gasteiger partial charge is 0.311 e. The second-order valence-electron chi connectivity index (χ2n) is 6.01. The molecule has 7 heteroatoms. The van der Waals surface area contributed by atoms with Crippen molar-refractivity contribution in [3.63, 3.8) is 0 Å². The van der Waals surface area contributed by atoms with Crippen LogP contribution in [0.3, 0.4) is 0 Å². The molecule has 1 aliphatic rings. The van der Waals surface area contributed by atoms with E-state index in [1.54, 1.807) is 12.1 Å². The minimum atomic E-state index is -0.526. The van der Waals surface area contributed by atoms with Gasteiger partial charge in [0.25, 0.3) is 0 Å². The number of ether oxygens (including phenoxy) is 2. The Kier molecular flexibility index (Phi) is 6.84. The van der Waals surface area contributed by atoms with Gasteiger partial charge in [-0.25, -0.2) is 0 Å². The van der Waals surface area contributed by atoms with Crippen LogP contribution in [0.1, 0.15) is 38.8 Å². The Morgan fingerprint density at radius 3 is 2.29 bits per heavy atom. The van der Waals surface area contributed by atoms with E-state index in [1.165, 1.54) is 7.11 Å². The molecule has 0 amide bonds. The molecule has 115 valence electrons. The first-order valence-electron chi connectivity index (χ1n) is 6.20. The number of nitro groups is 1. The Morgan fingerprint density at radius 2 is 1.81 bits per heavy atom. The molecule has 2 rings (SSSR count). The number of hydrogen-bond donors (Lipinski definition) is 0. The third-order valence-electron chi connectivity index (χ3n) is 3.69. The molecule has 0 saturated carbocycles. The Hall–Kier alpha value is -0.218. The van der Waals surface area contributed by atoms with Crippen LogP contribution in [-0.4, -0.2) is 24.1 Å². The van der Waals surface area contributed by atoms with E-state index in [-0.39, 0.29) is 60.6 Å². The molecule has 0 spiro atoms. The van der Waals surface area contributed by atoms with Gasteiger partial charge in [-0.05, 0) is 31.0 Å². The number of nitro benzene ring substituents is 1. The number of benzene rings is 1. The maximum absolute atomic E-state index is 11.1. The van der Waals surface area contributed by atoms with Crippen molar-refractivity contribution in [3.8, 4) is 5.75 Å². The molecule has 1 aliphatic heterocycles. The van der Waals surface area contributed by atoms with Crippen molar-refractivity contribution in [2.24, 2.45) is 0 Å². The molecule has 0 bridgehead atoms. The first-order valence-corrected chi connectivity index (χ1v) is 6.20. The van der Waals surface area contributed by atoms with Gasteiger partial charge in [0, 0.05) is 55.5 Å². The normalized spacial score (nSPS) is 17.8. The third-order valence-corrected chi connectivity index (χ3v) is 3.69. The SMILES string of the molecule is COc1cc2c(cc1[N+](=O)[O-])C(C)(C)OCC2(C)C.O.[Ac]. The van der Waals surface area contributed by atoms with E-state index >= 15 is 0 Å². The molecule has 1 heterocycles. The Balaban J connectivity index is 0.00000200. The van der Waals surface area contributed by atoms with Gasteiger partial charge in [0.1, 0.15) is 0 Å². The summed E-state index contributed by atoms with van der Waals surface area (Å²) in [5.41, 5.74) is 1.17. The summed E-state index contributed by atoms with van der Waals surface area (Å²) in [6, 6.07) is 3.35. The van der Waals surface area contributed by atoms with Crippen LogP contribution in [0.5, 0.6) is 5.75 Å². The molecule has 0 aromatic heterocycles. The zero-order valence-electron chi connectivity index (χ0n) is 13.0. The first-order chi connectivity index (χ1) is 8.69. The number of methoxy groups -OCH3 is 1. The molecule has 0 atom stereocenters. The van der Waals surface area contributed by atoms with Crippen LogP contribution in [0.4, 0.5) is 5.69 Å². The van der Waals surface area contributed by atoms with Gasteiger partial charge in [0.05, 0.1) is 24.2 Å². The van der Waals surface area contributed by atoms with Crippen LogP contribution < -0.4 is 4.74 Å². The number of fused-ring (bicyclic) bond motifs is 1. The van der Waals surface area contributed by atoms with E-state index in [9.17, 15) is 10.1 Å². The number of hydrogen-bond acceptors (Lipinski definition) is 4. The monoisotopic (exact) mass is 510 g/mol. The summed E-state index contributed by atoms with van der Waals surface area (Å²) >= 11 is 0. The third kappa shape index (κ3) is 3.76. The summed E-state index contributed by atoms with van der Waals surface area (Å²) in [6.45, 7) is 8.56. The van der Waals surface area contributed by atoms with Gasteiger partial charge in [-0.1, -0.05) is 13.8 Å². The van der Waals surface area contributed by atoms with Gasteiger partial charge in [-0.2, -0.15) is 0 Å². The van der Waals surface area contributed by atoms with E-state index in [0.29, 0.717) is 12.4 Å². The fourth-order valence-corrected chi connectivity index (χ4v) is 2.45. The minimum Gasteiger partial charge on any atom is -0.490 e. The zero-order valence-corrected chi connectivity index (χ0v) is 17.8. The average molecular weight is 510 g/mol. The molecule has 0 unspecified atom stereocenters. The van der Waals surface area contributed by atoms with E-state index in [2.05, 4.69) is 13.8 Å². The molecule has 1 aromatic rings. The molecule has 0 fully saturated rings. The number of rotatable bonds is 2. The fraction of sp³-hybridized carbons (Fsp3) is 0.571. The van der Waals surface area contributed by atoms with Gasteiger partial charge in [-0.3, -0.25) is 10.1 Å². The van der Waals surface area contributed by atoms with Crippen LogP contribution >= 0.6 is 0 Å². The summed E-state index contributed by atoms with van der Waals surface area (Å²) in [5.74, 6) is 0.300. The summed E-state index contributed by atoms with van der Waals surface area (Å²) in [5, 5.41) is 11.1. The second-order valence-corrected chi connectivity index (χ2v) is 6.01. The quantitative estimate of drug-likeness (QED) is 0.451. The molecular formula is C14H21AcNO5. The largest absolute Gasteiger partial charge is 0.490 e. The predicted molar refractivity (Wildman–Crippen MR) is 75.3 cm³/mol. The van der Waals surface area contributed by atoms with Crippen molar-refractivity contribution in [2.45, 2.75) is 38.7 Å². The van der Waals surface area contributed by atoms with E-state index in [1.807, 2.05) is 13.8 Å². The van der Waals surface area contributed by atoms with Crippen molar-refractivity contribution in [3.05, 3.63) is 33.4 Å². The average Bonchev–Trinajstić information content (AvgIpc) is 2.33. The molecular weight excluding hydrogens is 489 g/mol. The van der Waals surface area contributed by atoms with Crippen LogP contribution in [0.25, 0.3) is 0 Å². The Bertz CT molecular complexity index is 542. The fourth-order valence-electron chi connectivity index (χ4n) is 2.45. The standard InChI is InChI=1S/C14H19NO4.Ac.H2O/c1-13(2)8-19-14(3,4)10-6-11(15(16)17)12(18-5)7-9(10)13;;/h6-7H,8H2,1-5H3;;1H2. The van der Waals surface area contributed by atoms with Gasteiger partial charge < -0.3 is 14.9 Å². The molecule has 2 N–H and O–H groups in total. The minimum absolute atomic E-state index is 0. The van der Waals surface area contributed by atoms with E-state index in [0.717, 1.165) is 11.1 Å².